The summed E-state index contributed by atoms with van der Waals surface area (Å²) in [6.07, 6.45) is 8.96. The lowest BCUT2D eigenvalue weighted by atomic mass is 10.1. The first-order valence-corrected chi connectivity index (χ1v) is 10.5. The van der Waals surface area contributed by atoms with Gasteiger partial charge in [0.25, 0.3) is 0 Å². The zero-order chi connectivity index (χ0) is 18.3. The molecule has 1 aliphatic heterocycles. The molecule has 1 heterocycles. The molecule has 0 N–H and O–H groups in total. The van der Waals surface area contributed by atoms with E-state index in [9.17, 15) is 0 Å². The zero-order valence-electron chi connectivity index (χ0n) is 16.2. The molecule has 1 saturated carbocycles. The summed E-state index contributed by atoms with van der Waals surface area (Å²) in [5, 5.41) is 0. The van der Waals surface area contributed by atoms with Crippen LogP contribution in [0, 0.1) is 6.42 Å². The number of anilines is 1. The molecule has 0 atom stereocenters. The van der Waals surface area contributed by atoms with E-state index in [1.54, 1.807) is 0 Å². The SMILES string of the molecule is [CH](CCN1CCN(c2ccc(OC3CCCC3)cc2)CC1)c1ccccc1. The Kier molecular flexibility index (Phi) is 6.31. The van der Waals surface area contributed by atoms with E-state index in [1.165, 1.54) is 36.9 Å². The fourth-order valence-electron chi connectivity index (χ4n) is 4.17. The van der Waals surface area contributed by atoms with Crippen molar-refractivity contribution >= 4 is 5.69 Å². The number of piperazine rings is 1. The lowest BCUT2D eigenvalue weighted by molar-refractivity contribution is 0.210. The molecule has 4 rings (SSSR count). The van der Waals surface area contributed by atoms with Gasteiger partial charge in [0, 0.05) is 31.9 Å². The first-order valence-electron chi connectivity index (χ1n) is 10.5. The van der Waals surface area contributed by atoms with Crippen LogP contribution in [-0.2, 0) is 0 Å². The molecule has 27 heavy (non-hydrogen) atoms. The van der Waals surface area contributed by atoms with Gasteiger partial charge in [-0.15, -0.1) is 0 Å². The van der Waals surface area contributed by atoms with Gasteiger partial charge in [-0.2, -0.15) is 0 Å². The molecular weight excluding hydrogens is 332 g/mol. The molecule has 2 aromatic rings. The molecule has 2 aromatic carbocycles. The van der Waals surface area contributed by atoms with Gasteiger partial charge in [-0.25, -0.2) is 0 Å². The maximum atomic E-state index is 6.09. The van der Waals surface area contributed by atoms with Crippen LogP contribution in [0.3, 0.4) is 0 Å². The van der Waals surface area contributed by atoms with Crippen LogP contribution in [0.1, 0.15) is 37.7 Å². The monoisotopic (exact) mass is 363 g/mol. The van der Waals surface area contributed by atoms with Crippen LogP contribution in [0.4, 0.5) is 5.69 Å². The minimum atomic E-state index is 0.437. The van der Waals surface area contributed by atoms with Crippen LogP contribution in [-0.4, -0.2) is 43.7 Å². The molecule has 1 radical (unpaired) electrons. The van der Waals surface area contributed by atoms with E-state index in [1.807, 2.05) is 0 Å². The third-order valence-electron chi connectivity index (χ3n) is 5.80. The van der Waals surface area contributed by atoms with E-state index in [4.69, 9.17) is 4.74 Å². The van der Waals surface area contributed by atoms with E-state index < -0.39 is 0 Å². The average molecular weight is 364 g/mol. The number of ether oxygens (including phenoxy) is 1. The molecule has 2 aliphatic rings. The lowest BCUT2D eigenvalue weighted by Gasteiger charge is -2.36. The third-order valence-corrected chi connectivity index (χ3v) is 5.80. The summed E-state index contributed by atoms with van der Waals surface area (Å²) in [6.45, 7) is 5.64. The van der Waals surface area contributed by atoms with Gasteiger partial charge in [0.05, 0.1) is 6.10 Å². The van der Waals surface area contributed by atoms with Crippen molar-refractivity contribution in [2.45, 2.75) is 38.2 Å². The van der Waals surface area contributed by atoms with Gasteiger partial charge in [0.15, 0.2) is 0 Å². The summed E-state index contributed by atoms with van der Waals surface area (Å²) in [7, 11) is 0. The smallest absolute Gasteiger partial charge is 0.119 e. The highest BCUT2D eigenvalue weighted by Crippen LogP contribution is 2.26. The molecule has 3 heteroatoms. The van der Waals surface area contributed by atoms with E-state index in [0.29, 0.717) is 6.10 Å². The largest absolute Gasteiger partial charge is 0.490 e. The fourth-order valence-corrected chi connectivity index (χ4v) is 4.17. The molecule has 0 aromatic heterocycles. The number of benzene rings is 2. The second kappa shape index (κ2) is 9.27. The van der Waals surface area contributed by atoms with Crippen molar-refractivity contribution in [3.05, 3.63) is 66.6 Å². The normalized spacial score (nSPS) is 18.7. The lowest BCUT2D eigenvalue weighted by Crippen LogP contribution is -2.46. The topological polar surface area (TPSA) is 15.7 Å². The predicted molar refractivity (Wildman–Crippen MR) is 112 cm³/mol. The van der Waals surface area contributed by atoms with Gasteiger partial charge in [-0.1, -0.05) is 30.3 Å². The van der Waals surface area contributed by atoms with E-state index in [-0.39, 0.29) is 0 Å². The Morgan fingerprint density at radius 2 is 1.56 bits per heavy atom. The molecular formula is C24H31N2O. The summed E-state index contributed by atoms with van der Waals surface area (Å²) in [5.41, 5.74) is 2.65. The van der Waals surface area contributed by atoms with E-state index >= 15 is 0 Å². The van der Waals surface area contributed by atoms with Crippen molar-refractivity contribution < 1.29 is 4.74 Å². The van der Waals surface area contributed by atoms with Gasteiger partial charge in [0.1, 0.15) is 5.75 Å². The van der Waals surface area contributed by atoms with Crippen LogP contribution in [0.15, 0.2) is 54.6 Å². The van der Waals surface area contributed by atoms with Crippen molar-refractivity contribution in [3.8, 4) is 5.75 Å². The van der Waals surface area contributed by atoms with Crippen LogP contribution in [0.5, 0.6) is 5.75 Å². The Morgan fingerprint density at radius 1 is 0.852 bits per heavy atom. The van der Waals surface area contributed by atoms with Crippen molar-refractivity contribution in [2.75, 3.05) is 37.6 Å². The second-order valence-corrected chi connectivity index (χ2v) is 7.75. The summed E-state index contributed by atoms with van der Waals surface area (Å²) in [6, 6.07) is 19.4. The standard InChI is InChI=1S/C24H31N2O/c1-2-7-21(8-3-1)9-6-16-25-17-19-26(20-18-25)22-12-14-24(15-13-22)27-23-10-4-5-11-23/h1-3,7-9,12-15,23H,4-6,10-11,16-20H2. The van der Waals surface area contributed by atoms with E-state index in [2.05, 4.69) is 70.8 Å². The fraction of sp³-hybridized carbons (Fsp3) is 0.458. The van der Waals surface area contributed by atoms with E-state index in [0.717, 1.165) is 44.9 Å². The minimum Gasteiger partial charge on any atom is -0.490 e. The maximum absolute atomic E-state index is 6.09. The quantitative estimate of drug-likeness (QED) is 0.704. The van der Waals surface area contributed by atoms with Crippen LogP contribution < -0.4 is 9.64 Å². The molecule has 1 aliphatic carbocycles. The van der Waals surface area contributed by atoms with Crippen LogP contribution in [0.25, 0.3) is 0 Å². The van der Waals surface area contributed by atoms with Crippen LogP contribution >= 0.6 is 0 Å². The molecule has 0 unspecified atom stereocenters. The number of hydrogen-bond donors (Lipinski definition) is 0. The van der Waals surface area contributed by atoms with Crippen molar-refractivity contribution in [1.82, 2.24) is 4.90 Å². The number of nitrogens with zero attached hydrogens (tertiary/aromatic N) is 2. The molecule has 3 nitrogen and oxygen atoms in total. The van der Waals surface area contributed by atoms with Gasteiger partial charge in [-0.05, 0) is 74.9 Å². The summed E-state index contributed by atoms with van der Waals surface area (Å²) < 4.78 is 6.09. The Hall–Kier alpha value is -2.00. The predicted octanol–water partition coefficient (Wildman–Crippen LogP) is 4.77. The second-order valence-electron chi connectivity index (χ2n) is 7.75. The first kappa shape index (κ1) is 18.4. The van der Waals surface area contributed by atoms with Gasteiger partial charge >= 0.3 is 0 Å². The Balaban J connectivity index is 1.19. The van der Waals surface area contributed by atoms with Gasteiger partial charge in [0.2, 0.25) is 0 Å². The summed E-state index contributed by atoms with van der Waals surface area (Å²) >= 11 is 0. The third kappa shape index (κ3) is 5.26. The molecule has 0 spiro atoms. The molecule has 143 valence electrons. The van der Waals surface area contributed by atoms with Crippen molar-refractivity contribution in [3.63, 3.8) is 0 Å². The molecule has 2 fully saturated rings. The summed E-state index contributed by atoms with van der Waals surface area (Å²) in [5.74, 6) is 1.03. The van der Waals surface area contributed by atoms with Crippen molar-refractivity contribution in [1.29, 1.82) is 0 Å². The molecule has 0 bridgehead atoms. The Labute approximate surface area is 163 Å². The Morgan fingerprint density at radius 3 is 2.26 bits per heavy atom. The van der Waals surface area contributed by atoms with Crippen LogP contribution in [0.2, 0.25) is 0 Å². The number of rotatable bonds is 7. The summed E-state index contributed by atoms with van der Waals surface area (Å²) in [4.78, 5) is 5.07. The maximum Gasteiger partial charge on any atom is 0.119 e. The minimum absolute atomic E-state index is 0.437. The average Bonchev–Trinajstić information content (AvgIpc) is 3.23. The molecule has 0 amide bonds. The van der Waals surface area contributed by atoms with Gasteiger partial charge in [-0.3, -0.25) is 4.90 Å². The number of hydrogen-bond acceptors (Lipinski definition) is 3. The molecule has 1 saturated heterocycles. The highest BCUT2D eigenvalue weighted by atomic mass is 16.5. The van der Waals surface area contributed by atoms with Gasteiger partial charge < -0.3 is 9.64 Å². The van der Waals surface area contributed by atoms with Crippen molar-refractivity contribution in [2.24, 2.45) is 0 Å². The zero-order valence-corrected chi connectivity index (χ0v) is 16.2. The highest BCUT2D eigenvalue weighted by Gasteiger charge is 2.18. The first-order chi connectivity index (χ1) is 13.4. The highest BCUT2D eigenvalue weighted by molar-refractivity contribution is 5.49. The Bertz CT molecular complexity index is 671.